The summed E-state index contributed by atoms with van der Waals surface area (Å²) in [7, 11) is 1.65. The van der Waals surface area contributed by atoms with Crippen LogP contribution in [0.5, 0.6) is 11.5 Å². The van der Waals surface area contributed by atoms with Crippen LogP contribution in [-0.4, -0.2) is 35.9 Å². The van der Waals surface area contributed by atoms with Crippen molar-refractivity contribution < 1.29 is 24.1 Å². The lowest BCUT2D eigenvalue weighted by Gasteiger charge is -2.15. The third kappa shape index (κ3) is 5.83. The standard InChI is InChI=1S/C24H27NO5S/c1-5-29-21(24(26)27)13-17-9-10-20(11-15(17)2)30-14-22-16(3)25-23(31-22)18-7-6-8-19(12-18)28-4/h6-12,21H,5,13-14H2,1-4H3,(H,26,27). The highest BCUT2D eigenvalue weighted by atomic mass is 32.1. The molecule has 6 nitrogen and oxygen atoms in total. The largest absolute Gasteiger partial charge is 0.497 e. The first-order valence-corrected chi connectivity index (χ1v) is 10.9. The highest BCUT2D eigenvalue weighted by Crippen LogP contribution is 2.31. The number of methoxy groups -OCH3 is 1. The Balaban J connectivity index is 1.68. The molecule has 3 rings (SSSR count). The average molecular weight is 442 g/mol. The Morgan fingerprint density at radius 2 is 1.97 bits per heavy atom. The van der Waals surface area contributed by atoms with Crippen molar-refractivity contribution in [1.29, 1.82) is 0 Å². The number of thiazole rings is 1. The lowest BCUT2D eigenvalue weighted by Crippen LogP contribution is -2.26. The molecule has 1 heterocycles. The molecule has 0 aliphatic heterocycles. The molecule has 2 aromatic carbocycles. The Labute approximate surface area is 186 Å². The van der Waals surface area contributed by atoms with Gasteiger partial charge in [-0.25, -0.2) is 9.78 Å². The van der Waals surface area contributed by atoms with Gasteiger partial charge < -0.3 is 19.3 Å². The van der Waals surface area contributed by atoms with Gasteiger partial charge in [-0.05, 0) is 56.2 Å². The SMILES string of the molecule is CCOC(Cc1ccc(OCc2sc(-c3cccc(OC)c3)nc2C)cc1C)C(=O)O. The maximum atomic E-state index is 11.3. The third-order valence-corrected chi connectivity index (χ3v) is 6.12. The Kier molecular flexibility index (Phi) is 7.65. The lowest BCUT2D eigenvalue weighted by molar-refractivity contribution is -0.149. The van der Waals surface area contributed by atoms with Gasteiger partial charge in [-0.3, -0.25) is 0 Å². The van der Waals surface area contributed by atoms with Crippen molar-refractivity contribution in [3.63, 3.8) is 0 Å². The summed E-state index contributed by atoms with van der Waals surface area (Å²) in [6.45, 7) is 6.51. The molecule has 0 spiro atoms. The molecule has 31 heavy (non-hydrogen) atoms. The van der Waals surface area contributed by atoms with Gasteiger partial charge in [0.1, 0.15) is 23.1 Å². The number of ether oxygens (including phenoxy) is 3. The molecule has 0 amide bonds. The Bertz CT molecular complexity index is 1050. The van der Waals surface area contributed by atoms with Crippen molar-refractivity contribution in [1.82, 2.24) is 4.98 Å². The third-order valence-electron chi connectivity index (χ3n) is 4.94. The van der Waals surface area contributed by atoms with E-state index in [2.05, 4.69) is 4.98 Å². The van der Waals surface area contributed by atoms with Crippen molar-refractivity contribution in [2.45, 2.75) is 39.9 Å². The topological polar surface area (TPSA) is 77.9 Å². The molecule has 0 aliphatic rings. The van der Waals surface area contributed by atoms with E-state index >= 15 is 0 Å². The number of hydrogen-bond donors (Lipinski definition) is 1. The van der Waals surface area contributed by atoms with Gasteiger partial charge in [0, 0.05) is 18.6 Å². The second-order valence-corrected chi connectivity index (χ2v) is 8.21. The summed E-state index contributed by atoms with van der Waals surface area (Å²) in [6, 6.07) is 13.5. The second kappa shape index (κ2) is 10.4. The van der Waals surface area contributed by atoms with E-state index in [1.54, 1.807) is 25.4 Å². The van der Waals surface area contributed by atoms with Crippen LogP contribution in [0.4, 0.5) is 0 Å². The smallest absolute Gasteiger partial charge is 0.333 e. The first-order valence-electron chi connectivity index (χ1n) is 10.1. The molecule has 7 heteroatoms. The van der Waals surface area contributed by atoms with Crippen molar-refractivity contribution in [3.8, 4) is 22.1 Å². The molecule has 1 N–H and O–H groups in total. The van der Waals surface area contributed by atoms with Gasteiger partial charge in [0.15, 0.2) is 6.10 Å². The Morgan fingerprint density at radius 3 is 2.65 bits per heavy atom. The van der Waals surface area contributed by atoms with E-state index in [0.717, 1.165) is 43.8 Å². The molecule has 164 valence electrons. The molecule has 0 aliphatic carbocycles. The lowest BCUT2D eigenvalue weighted by atomic mass is 10.0. The summed E-state index contributed by atoms with van der Waals surface area (Å²) in [5.74, 6) is 0.586. The fraction of sp³-hybridized carbons (Fsp3) is 0.333. The van der Waals surface area contributed by atoms with E-state index in [0.29, 0.717) is 19.6 Å². The zero-order valence-electron chi connectivity index (χ0n) is 18.2. The molecule has 0 fully saturated rings. The molecule has 0 saturated heterocycles. The van der Waals surface area contributed by atoms with Crippen molar-refractivity contribution in [2.75, 3.05) is 13.7 Å². The number of carboxylic acids is 1. The van der Waals surface area contributed by atoms with Crippen LogP contribution in [0.25, 0.3) is 10.6 Å². The summed E-state index contributed by atoms with van der Waals surface area (Å²) in [5, 5.41) is 10.2. The number of aromatic nitrogens is 1. The molecule has 1 unspecified atom stereocenters. The van der Waals surface area contributed by atoms with Gasteiger partial charge in [0.2, 0.25) is 0 Å². The quantitative estimate of drug-likeness (QED) is 0.475. The van der Waals surface area contributed by atoms with Crippen LogP contribution in [0.15, 0.2) is 42.5 Å². The van der Waals surface area contributed by atoms with Crippen LogP contribution in [0.1, 0.15) is 28.6 Å². The summed E-state index contributed by atoms with van der Waals surface area (Å²) in [4.78, 5) is 17.1. The minimum atomic E-state index is -0.950. The van der Waals surface area contributed by atoms with Crippen molar-refractivity contribution in [3.05, 3.63) is 64.2 Å². The molecule has 0 radical (unpaired) electrons. The van der Waals surface area contributed by atoms with Crippen LogP contribution in [0, 0.1) is 13.8 Å². The number of hydrogen-bond acceptors (Lipinski definition) is 6. The van der Waals surface area contributed by atoms with E-state index in [1.165, 1.54) is 0 Å². The molecular formula is C24H27NO5S. The maximum Gasteiger partial charge on any atom is 0.333 e. The number of carboxylic acid groups (broad SMARTS) is 1. The van der Waals surface area contributed by atoms with Gasteiger partial charge in [-0.15, -0.1) is 11.3 Å². The number of benzene rings is 2. The number of rotatable bonds is 10. The highest BCUT2D eigenvalue weighted by Gasteiger charge is 2.19. The fourth-order valence-electron chi connectivity index (χ4n) is 3.20. The maximum absolute atomic E-state index is 11.3. The van der Waals surface area contributed by atoms with E-state index in [-0.39, 0.29) is 0 Å². The normalized spacial score (nSPS) is 11.9. The van der Waals surface area contributed by atoms with Gasteiger partial charge in [0.25, 0.3) is 0 Å². The van der Waals surface area contributed by atoms with Crippen molar-refractivity contribution in [2.24, 2.45) is 0 Å². The number of nitrogens with zero attached hydrogens (tertiary/aromatic N) is 1. The monoisotopic (exact) mass is 441 g/mol. The van der Waals surface area contributed by atoms with Gasteiger partial charge >= 0.3 is 5.97 Å². The predicted octanol–water partition coefficient (Wildman–Crippen LogP) is 5.05. The fourth-order valence-corrected chi connectivity index (χ4v) is 4.17. The van der Waals surface area contributed by atoms with Crippen LogP contribution >= 0.6 is 11.3 Å². The second-order valence-electron chi connectivity index (χ2n) is 7.12. The zero-order chi connectivity index (χ0) is 22.4. The van der Waals surface area contributed by atoms with E-state index in [9.17, 15) is 9.90 Å². The number of carbonyl (C=O) groups is 1. The minimum absolute atomic E-state index is 0.327. The molecule has 1 aromatic heterocycles. The molecule has 3 aromatic rings. The Hall–Kier alpha value is -2.90. The summed E-state index contributed by atoms with van der Waals surface area (Å²) >= 11 is 1.60. The highest BCUT2D eigenvalue weighted by molar-refractivity contribution is 7.15. The van der Waals surface area contributed by atoms with E-state index < -0.39 is 12.1 Å². The van der Waals surface area contributed by atoms with Crippen molar-refractivity contribution >= 4 is 17.3 Å². The number of aliphatic carboxylic acids is 1. The molecule has 0 bridgehead atoms. The first kappa shape index (κ1) is 22.8. The molecular weight excluding hydrogens is 414 g/mol. The van der Waals surface area contributed by atoms with Crippen LogP contribution in [0.2, 0.25) is 0 Å². The van der Waals surface area contributed by atoms with Gasteiger partial charge in [-0.2, -0.15) is 0 Å². The van der Waals surface area contributed by atoms with Gasteiger partial charge in [-0.1, -0.05) is 18.2 Å². The number of aryl methyl sites for hydroxylation is 2. The average Bonchev–Trinajstić information content (AvgIpc) is 3.14. The first-order chi connectivity index (χ1) is 14.9. The van der Waals surface area contributed by atoms with Crippen LogP contribution in [-0.2, 0) is 22.6 Å². The van der Waals surface area contributed by atoms with Gasteiger partial charge in [0.05, 0.1) is 17.7 Å². The predicted molar refractivity (Wildman–Crippen MR) is 121 cm³/mol. The van der Waals surface area contributed by atoms with Crippen LogP contribution < -0.4 is 9.47 Å². The minimum Gasteiger partial charge on any atom is -0.497 e. The molecule has 1 atom stereocenters. The molecule has 0 saturated carbocycles. The van der Waals surface area contributed by atoms with E-state index in [4.69, 9.17) is 14.2 Å². The summed E-state index contributed by atoms with van der Waals surface area (Å²) < 4.78 is 16.6. The summed E-state index contributed by atoms with van der Waals surface area (Å²) in [5.41, 5.74) is 3.86. The summed E-state index contributed by atoms with van der Waals surface area (Å²) in [6.07, 6.45) is -0.516. The zero-order valence-corrected chi connectivity index (χ0v) is 19.0. The van der Waals surface area contributed by atoms with E-state index in [1.807, 2.05) is 56.3 Å². The van der Waals surface area contributed by atoms with Crippen LogP contribution in [0.3, 0.4) is 0 Å². The Morgan fingerprint density at radius 1 is 1.16 bits per heavy atom.